The first kappa shape index (κ1) is 27.0. The van der Waals surface area contributed by atoms with Gasteiger partial charge in [-0.2, -0.15) is 6.42 Å². The van der Waals surface area contributed by atoms with Crippen LogP contribution < -0.4 is 29.6 Å². The molecule has 4 nitrogen and oxygen atoms in total. The number of aliphatic hydroxyl groups is 1. The molecule has 0 spiro atoms. The summed E-state index contributed by atoms with van der Waals surface area (Å²) in [6.45, 7) is 3.46. The van der Waals surface area contributed by atoms with Crippen molar-refractivity contribution in [3.8, 4) is 0 Å². The van der Waals surface area contributed by atoms with Crippen LogP contribution in [-0.4, -0.2) is 28.6 Å². The minimum absolute atomic E-state index is 0. The molecule has 0 aliphatic rings. The van der Waals surface area contributed by atoms with Gasteiger partial charge in [-0.25, -0.2) is 4.79 Å². The van der Waals surface area contributed by atoms with Gasteiger partial charge in [-0.3, -0.25) is 6.29 Å². The van der Waals surface area contributed by atoms with Crippen molar-refractivity contribution in [1.82, 2.24) is 0 Å². The van der Waals surface area contributed by atoms with Gasteiger partial charge < -0.3 is 15.0 Å². The topological polar surface area (TPSA) is 74.6 Å². The summed E-state index contributed by atoms with van der Waals surface area (Å²) in [6.07, 6.45) is 16.1. The summed E-state index contributed by atoms with van der Waals surface area (Å²) in [7, 11) is 0. The second-order valence-electron chi connectivity index (χ2n) is 5.44. The molecular formula is C17H33NaO4. The number of aliphatic hydroxyl groups excluding tert-OH is 1. The summed E-state index contributed by atoms with van der Waals surface area (Å²) in [5.74, 6) is -1.19. The molecule has 0 saturated carbocycles. The number of aliphatic carboxylic acids is 1. The van der Waals surface area contributed by atoms with Gasteiger partial charge in [-0.1, -0.05) is 77.6 Å². The zero-order chi connectivity index (χ0) is 16.3. The van der Waals surface area contributed by atoms with Gasteiger partial charge in [-0.05, 0) is 6.92 Å². The predicted octanol–water partition coefficient (Wildman–Crippen LogP) is 1.25. The van der Waals surface area contributed by atoms with E-state index in [4.69, 9.17) is 10.2 Å². The fourth-order valence-electron chi connectivity index (χ4n) is 1.86. The third-order valence-corrected chi connectivity index (χ3v) is 3.24. The van der Waals surface area contributed by atoms with E-state index in [0.29, 0.717) is 6.42 Å². The van der Waals surface area contributed by atoms with E-state index in [9.17, 15) is 9.59 Å². The van der Waals surface area contributed by atoms with Crippen molar-refractivity contribution in [3.63, 3.8) is 0 Å². The zero-order valence-electron chi connectivity index (χ0n) is 14.8. The van der Waals surface area contributed by atoms with Crippen molar-refractivity contribution in [3.05, 3.63) is 0 Å². The Morgan fingerprint density at radius 3 is 1.50 bits per heavy atom. The molecule has 0 saturated heterocycles. The molecular weight excluding hydrogens is 291 g/mol. The maximum absolute atomic E-state index is 9.94. The third-order valence-electron chi connectivity index (χ3n) is 3.24. The first-order chi connectivity index (χ1) is 10.1. The van der Waals surface area contributed by atoms with E-state index in [1.54, 1.807) is 0 Å². The first-order valence-corrected chi connectivity index (χ1v) is 8.32. The van der Waals surface area contributed by atoms with E-state index in [0.717, 1.165) is 6.42 Å². The third kappa shape index (κ3) is 28.3. The standard InChI is InChI=1S/C14H27O.C3H6O3.Na/c1-2-3-4-5-6-7-8-9-10-11-12-13-14-15;1-2(4)3(5)6;/h2-13H2,1H3;2,4H,1H3,(H,5,6);/q-1;;+1. The van der Waals surface area contributed by atoms with Crippen LogP contribution in [0.2, 0.25) is 0 Å². The number of unbranched alkanes of at least 4 members (excludes halogenated alkanes) is 11. The van der Waals surface area contributed by atoms with Gasteiger partial charge in [0.1, 0.15) is 6.10 Å². The van der Waals surface area contributed by atoms with Crippen molar-refractivity contribution in [1.29, 1.82) is 0 Å². The van der Waals surface area contributed by atoms with E-state index in [1.807, 2.05) is 6.29 Å². The Bertz CT molecular complexity index is 233. The second-order valence-corrected chi connectivity index (χ2v) is 5.44. The number of carboxylic acids is 1. The smallest absolute Gasteiger partial charge is 0.542 e. The van der Waals surface area contributed by atoms with Gasteiger partial charge in [-0.15, -0.1) is 0 Å². The molecule has 0 aromatic heterocycles. The molecule has 0 aromatic rings. The molecule has 126 valence electrons. The molecule has 0 fully saturated rings. The number of carbonyl (C=O) groups excluding carboxylic acids is 1. The number of hydrogen-bond donors (Lipinski definition) is 2. The van der Waals surface area contributed by atoms with E-state index < -0.39 is 12.1 Å². The largest absolute Gasteiger partial charge is 1.00 e. The van der Waals surface area contributed by atoms with Gasteiger partial charge in [0.25, 0.3) is 0 Å². The van der Waals surface area contributed by atoms with Crippen LogP contribution in [0, 0.1) is 0 Å². The van der Waals surface area contributed by atoms with Crippen molar-refractivity contribution in [2.45, 2.75) is 97.0 Å². The average Bonchev–Trinajstić information content (AvgIpc) is 2.45. The van der Waals surface area contributed by atoms with Crippen molar-refractivity contribution >= 4 is 12.3 Å². The summed E-state index contributed by atoms with van der Waals surface area (Å²) >= 11 is 0. The SMILES string of the molecule is CC(O)C(=O)O.CCCCCCCCCCCCC[C-]=O.[Na+]. The predicted molar refractivity (Wildman–Crippen MR) is 86.1 cm³/mol. The maximum Gasteiger partial charge on any atom is 1.00 e. The Morgan fingerprint density at radius 2 is 1.23 bits per heavy atom. The molecule has 2 N–H and O–H groups in total. The summed E-state index contributed by atoms with van der Waals surface area (Å²) in [6, 6.07) is 0. The average molecular weight is 324 g/mol. The molecule has 0 rings (SSSR count). The normalized spacial score (nSPS) is 10.9. The van der Waals surface area contributed by atoms with Crippen LogP contribution in [0.5, 0.6) is 0 Å². The number of carboxylic acid groups (broad SMARTS) is 1. The fourth-order valence-corrected chi connectivity index (χ4v) is 1.86. The molecule has 1 unspecified atom stereocenters. The molecule has 0 aliphatic heterocycles. The Morgan fingerprint density at radius 1 is 0.909 bits per heavy atom. The van der Waals surface area contributed by atoms with Crippen LogP contribution in [0.1, 0.15) is 90.9 Å². The molecule has 0 heterocycles. The van der Waals surface area contributed by atoms with Gasteiger partial charge in [0.05, 0.1) is 0 Å². The maximum atomic E-state index is 9.94. The Balaban J connectivity index is -0.000000439. The molecule has 5 heteroatoms. The van der Waals surface area contributed by atoms with Gasteiger partial charge in [0, 0.05) is 0 Å². The van der Waals surface area contributed by atoms with Gasteiger partial charge in [0.2, 0.25) is 0 Å². The van der Waals surface area contributed by atoms with Crippen LogP contribution in [0.3, 0.4) is 0 Å². The molecule has 1 atom stereocenters. The summed E-state index contributed by atoms with van der Waals surface area (Å²) < 4.78 is 0. The van der Waals surface area contributed by atoms with E-state index in [-0.39, 0.29) is 29.6 Å². The van der Waals surface area contributed by atoms with Crippen LogP contribution in [0.15, 0.2) is 0 Å². The summed E-state index contributed by atoms with van der Waals surface area (Å²) in [4.78, 5) is 19.4. The minimum atomic E-state index is -1.23. The monoisotopic (exact) mass is 324 g/mol. The molecule has 0 bridgehead atoms. The zero-order valence-corrected chi connectivity index (χ0v) is 16.8. The number of carbonyl (C=O) groups is 1. The van der Waals surface area contributed by atoms with Gasteiger partial charge in [0.15, 0.2) is 0 Å². The second kappa shape index (κ2) is 23.4. The molecule has 22 heavy (non-hydrogen) atoms. The summed E-state index contributed by atoms with van der Waals surface area (Å²) in [5, 5.41) is 15.8. The van der Waals surface area contributed by atoms with Crippen molar-refractivity contribution in [2.24, 2.45) is 0 Å². The van der Waals surface area contributed by atoms with Crippen LogP contribution in [0.4, 0.5) is 0 Å². The molecule has 0 aliphatic carbocycles. The molecule has 0 amide bonds. The fraction of sp³-hybridized carbons (Fsp3) is 0.882. The van der Waals surface area contributed by atoms with Crippen LogP contribution in [-0.2, 0) is 9.59 Å². The quantitative estimate of drug-likeness (QED) is 0.304. The summed E-state index contributed by atoms with van der Waals surface area (Å²) in [5.41, 5.74) is 0. The van der Waals surface area contributed by atoms with E-state index >= 15 is 0 Å². The first-order valence-electron chi connectivity index (χ1n) is 8.32. The number of rotatable bonds is 13. The van der Waals surface area contributed by atoms with Gasteiger partial charge >= 0.3 is 35.5 Å². The molecule has 0 aromatic carbocycles. The van der Waals surface area contributed by atoms with Crippen molar-refractivity contribution in [2.75, 3.05) is 0 Å². The Labute approximate surface area is 158 Å². The van der Waals surface area contributed by atoms with E-state index in [2.05, 4.69) is 6.92 Å². The van der Waals surface area contributed by atoms with E-state index in [1.165, 1.54) is 71.1 Å². The van der Waals surface area contributed by atoms with Crippen molar-refractivity contribution < 1.29 is 49.4 Å². The van der Waals surface area contributed by atoms with Crippen LogP contribution >= 0.6 is 0 Å². The molecule has 0 radical (unpaired) electrons. The van der Waals surface area contributed by atoms with Crippen LogP contribution in [0.25, 0.3) is 0 Å². The minimum Gasteiger partial charge on any atom is -0.542 e. The Hall–Kier alpha value is 0.1000. The Kier molecular flexibility index (Phi) is 28.6. The number of hydrogen-bond acceptors (Lipinski definition) is 3.